The highest BCUT2D eigenvalue weighted by molar-refractivity contribution is 9.10. The van der Waals surface area contributed by atoms with Gasteiger partial charge in [0.15, 0.2) is 5.82 Å². The van der Waals surface area contributed by atoms with Gasteiger partial charge in [0.05, 0.1) is 11.8 Å². The van der Waals surface area contributed by atoms with Crippen molar-refractivity contribution in [3.05, 3.63) is 41.3 Å². The van der Waals surface area contributed by atoms with Gasteiger partial charge in [0.1, 0.15) is 17.4 Å². The Bertz CT molecular complexity index is 954. The molecular weight excluding hydrogens is 408 g/mol. The molecule has 1 fully saturated rings. The third-order valence-electron chi connectivity index (χ3n) is 4.86. The summed E-state index contributed by atoms with van der Waals surface area (Å²) in [6.45, 7) is 1.90. The maximum atomic E-state index is 10.1. The van der Waals surface area contributed by atoms with Crippen LogP contribution >= 0.6 is 15.9 Å². The number of fused-ring (bicyclic) bond motifs is 1. The summed E-state index contributed by atoms with van der Waals surface area (Å²) < 4.78 is 0.982. The van der Waals surface area contributed by atoms with Gasteiger partial charge in [-0.25, -0.2) is 19.9 Å². The van der Waals surface area contributed by atoms with E-state index in [1.165, 1.54) is 6.33 Å². The molecule has 0 bridgehead atoms. The number of hydrogen-bond donors (Lipinski definition) is 3. The van der Waals surface area contributed by atoms with E-state index in [9.17, 15) is 5.11 Å². The van der Waals surface area contributed by atoms with E-state index in [1.807, 2.05) is 31.2 Å². The van der Waals surface area contributed by atoms with E-state index in [-0.39, 0.29) is 6.04 Å². The second-order valence-corrected chi connectivity index (χ2v) is 8.12. The molecule has 1 aliphatic carbocycles. The summed E-state index contributed by atoms with van der Waals surface area (Å²) in [5, 5.41) is 16.8. The molecule has 0 saturated heterocycles. The molecule has 7 nitrogen and oxygen atoms in total. The van der Waals surface area contributed by atoms with E-state index >= 15 is 0 Å². The first-order valence-corrected chi connectivity index (χ1v) is 9.77. The van der Waals surface area contributed by atoms with Crippen molar-refractivity contribution in [1.29, 1.82) is 0 Å². The molecule has 0 spiro atoms. The Hall–Kier alpha value is -2.32. The van der Waals surface area contributed by atoms with Gasteiger partial charge in [0.25, 0.3) is 0 Å². The second kappa shape index (κ2) is 7.36. The smallest absolute Gasteiger partial charge is 0.223 e. The van der Waals surface area contributed by atoms with Gasteiger partial charge in [-0.15, -0.1) is 0 Å². The zero-order valence-corrected chi connectivity index (χ0v) is 16.6. The number of aliphatic hydroxyl groups is 1. The molecule has 0 atom stereocenters. The Labute approximate surface area is 165 Å². The normalized spacial score (nSPS) is 22.6. The van der Waals surface area contributed by atoms with Gasteiger partial charge in [-0.3, -0.25) is 0 Å². The van der Waals surface area contributed by atoms with Gasteiger partial charge in [-0.1, -0.05) is 22.0 Å². The number of hydrogen-bond acceptors (Lipinski definition) is 7. The topological polar surface area (TPSA) is 95.9 Å². The predicted octanol–water partition coefficient (Wildman–Crippen LogP) is 4.03. The number of halogens is 1. The van der Waals surface area contributed by atoms with Crippen LogP contribution in [0.4, 0.5) is 17.5 Å². The van der Waals surface area contributed by atoms with Crippen LogP contribution in [0.2, 0.25) is 0 Å². The minimum absolute atomic E-state index is 0.258. The van der Waals surface area contributed by atoms with Crippen molar-refractivity contribution >= 4 is 44.4 Å². The van der Waals surface area contributed by atoms with Gasteiger partial charge < -0.3 is 15.7 Å². The number of anilines is 3. The van der Waals surface area contributed by atoms with Gasteiger partial charge in [0, 0.05) is 16.2 Å². The second-order valence-electron chi connectivity index (χ2n) is 7.20. The molecule has 0 amide bonds. The van der Waals surface area contributed by atoms with Crippen LogP contribution < -0.4 is 10.6 Å². The van der Waals surface area contributed by atoms with E-state index < -0.39 is 5.60 Å². The van der Waals surface area contributed by atoms with Crippen LogP contribution in [-0.4, -0.2) is 36.7 Å². The Morgan fingerprint density at radius 3 is 2.78 bits per heavy atom. The fourth-order valence-corrected chi connectivity index (χ4v) is 3.68. The fraction of sp³-hybridized carbons (Fsp3) is 0.368. The van der Waals surface area contributed by atoms with Crippen LogP contribution in [0, 0.1) is 0 Å². The summed E-state index contributed by atoms with van der Waals surface area (Å²) in [5.41, 5.74) is 1.70. The highest BCUT2D eigenvalue weighted by Crippen LogP contribution is 2.29. The molecule has 1 aliphatic rings. The Balaban J connectivity index is 1.57. The summed E-state index contributed by atoms with van der Waals surface area (Å²) in [6.07, 6.45) is 6.54. The zero-order chi connectivity index (χ0) is 18.9. The molecule has 140 valence electrons. The molecule has 1 saturated carbocycles. The SMILES string of the molecule is C[C@]1(O)CC[C@@H](Nc2ncc3ncnc(Nc4cccc(Br)c4)c3n2)CC1. The molecule has 0 radical (unpaired) electrons. The first-order chi connectivity index (χ1) is 13.0. The van der Waals surface area contributed by atoms with Crippen LogP contribution in [0.25, 0.3) is 11.0 Å². The third-order valence-corrected chi connectivity index (χ3v) is 5.35. The van der Waals surface area contributed by atoms with Crippen molar-refractivity contribution < 1.29 is 5.11 Å². The van der Waals surface area contributed by atoms with Crippen molar-refractivity contribution in [3.8, 4) is 0 Å². The Morgan fingerprint density at radius 2 is 2.00 bits per heavy atom. The lowest BCUT2D eigenvalue weighted by Gasteiger charge is -2.33. The van der Waals surface area contributed by atoms with Gasteiger partial charge >= 0.3 is 0 Å². The van der Waals surface area contributed by atoms with Crippen molar-refractivity contribution in [2.24, 2.45) is 0 Å². The molecule has 2 aromatic heterocycles. The minimum Gasteiger partial charge on any atom is -0.390 e. The largest absolute Gasteiger partial charge is 0.390 e. The quantitative estimate of drug-likeness (QED) is 0.576. The maximum absolute atomic E-state index is 10.1. The van der Waals surface area contributed by atoms with E-state index in [0.29, 0.717) is 22.8 Å². The van der Waals surface area contributed by atoms with Crippen LogP contribution in [-0.2, 0) is 0 Å². The Kier molecular flexibility index (Phi) is 4.92. The summed E-state index contributed by atoms with van der Waals surface area (Å²) in [7, 11) is 0. The average Bonchev–Trinajstić information content (AvgIpc) is 2.64. The summed E-state index contributed by atoms with van der Waals surface area (Å²) in [5.74, 6) is 1.19. The third kappa shape index (κ3) is 4.33. The van der Waals surface area contributed by atoms with Crippen molar-refractivity contribution in [1.82, 2.24) is 19.9 Å². The van der Waals surface area contributed by atoms with Crippen LogP contribution in [0.5, 0.6) is 0 Å². The van der Waals surface area contributed by atoms with Gasteiger partial charge in [-0.2, -0.15) is 0 Å². The standard InChI is InChI=1S/C19H21BrN6O/c1-19(27)7-5-13(6-8-19)25-18-21-10-15-16(26-18)17(23-11-22-15)24-14-4-2-3-12(20)9-14/h2-4,9-11,13,27H,5-8H2,1H3,(H,21,25,26)(H,22,23,24)/t13-,19+. The van der Waals surface area contributed by atoms with Gasteiger partial charge in [0.2, 0.25) is 5.95 Å². The molecule has 1 aromatic carbocycles. The van der Waals surface area contributed by atoms with E-state index in [4.69, 9.17) is 0 Å². The number of benzene rings is 1. The van der Waals surface area contributed by atoms with Crippen molar-refractivity contribution in [3.63, 3.8) is 0 Å². The first-order valence-electron chi connectivity index (χ1n) is 8.98. The molecule has 3 N–H and O–H groups in total. The predicted molar refractivity (Wildman–Crippen MR) is 109 cm³/mol. The van der Waals surface area contributed by atoms with E-state index in [1.54, 1.807) is 6.20 Å². The maximum Gasteiger partial charge on any atom is 0.223 e. The lowest BCUT2D eigenvalue weighted by Crippen LogP contribution is -2.36. The van der Waals surface area contributed by atoms with Crippen LogP contribution in [0.1, 0.15) is 32.6 Å². The highest BCUT2D eigenvalue weighted by atomic mass is 79.9. The van der Waals surface area contributed by atoms with Crippen LogP contribution in [0.3, 0.4) is 0 Å². The lowest BCUT2D eigenvalue weighted by molar-refractivity contribution is 0.0196. The molecule has 2 heterocycles. The van der Waals surface area contributed by atoms with Gasteiger partial charge in [-0.05, 0) is 50.8 Å². The molecule has 3 aromatic rings. The summed E-state index contributed by atoms with van der Waals surface area (Å²) >= 11 is 3.47. The number of rotatable bonds is 4. The molecule has 8 heteroatoms. The number of nitrogens with one attached hydrogen (secondary N) is 2. The van der Waals surface area contributed by atoms with Crippen molar-refractivity contribution in [2.75, 3.05) is 10.6 Å². The first kappa shape index (κ1) is 18.1. The highest BCUT2D eigenvalue weighted by Gasteiger charge is 2.28. The van der Waals surface area contributed by atoms with Crippen molar-refractivity contribution in [2.45, 2.75) is 44.2 Å². The Morgan fingerprint density at radius 1 is 1.19 bits per heavy atom. The summed E-state index contributed by atoms with van der Waals surface area (Å²) in [4.78, 5) is 17.6. The minimum atomic E-state index is -0.558. The fourth-order valence-electron chi connectivity index (χ4n) is 3.28. The molecule has 4 rings (SSSR count). The van der Waals surface area contributed by atoms with E-state index in [0.717, 1.165) is 35.8 Å². The molecule has 0 unspecified atom stereocenters. The van der Waals surface area contributed by atoms with Crippen LogP contribution in [0.15, 0.2) is 41.3 Å². The monoisotopic (exact) mass is 428 g/mol. The summed E-state index contributed by atoms with van der Waals surface area (Å²) in [6, 6.07) is 8.12. The number of aromatic nitrogens is 4. The average molecular weight is 429 g/mol. The number of nitrogens with zero attached hydrogens (tertiary/aromatic N) is 4. The molecule has 27 heavy (non-hydrogen) atoms. The molecule has 0 aliphatic heterocycles. The zero-order valence-electron chi connectivity index (χ0n) is 15.0. The molecular formula is C19H21BrN6O. The van der Waals surface area contributed by atoms with E-state index in [2.05, 4.69) is 46.5 Å². The lowest BCUT2D eigenvalue weighted by atomic mass is 9.84.